The molecule has 2 amide bonds. The Labute approximate surface area is 118 Å². The Balaban J connectivity index is 1.66. The average molecular weight is 276 g/mol. The highest BCUT2D eigenvalue weighted by Gasteiger charge is 2.36. The molecule has 0 aliphatic carbocycles. The van der Waals surface area contributed by atoms with Crippen molar-refractivity contribution in [2.24, 2.45) is 11.8 Å². The van der Waals surface area contributed by atoms with Gasteiger partial charge in [0.15, 0.2) is 0 Å². The highest BCUT2D eigenvalue weighted by Crippen LogP contribution is 2.23. The second kappa shape index (κ2) is 6.41. The van der Waals surface area contributed by atoms with E-state index in [1.54, 1.807) is 11.8 Å². The molecule has 1 aliphatic rings. The fourth-order valence-corrected chi connectivity index (χ4v) is 2.27. The van der Waals surface area contributed by atoms with Crippen LogP contribution in [0.3, 0.4) is 0 Å². The minimum absolute atomic E-state index is 0.0763. The van der Waals surface area contributed by atoms with E-state index in [-0.39, 0.29) is 17.9 Å². The number of carbonyl (C=O) groups is 2. The van der Waals surface area contributed by atoms with Gasteiger partial charge >= 0.3 is 12.0 Å². The first-order chi connectivity index (χ1) is 9.58. The number of carbonyl (C=O) groups excluding carboxylic acids is 1. The van der Waals surface area contributed by atoms with E-state index in [0.717, 1.165) is 6.42 Å². The van der Waals surface area contributed by atoms with E-state index in [1.165, 1.54) is 5.56 Å². The van der Waals surface area contributed by atoms with Crippen molar-refractivity contribution in [3.8, 4) is 0 Å². The third-order valence-electron chi connectivity index (χ3n) is 3.83. The monoisotopic (exact) mass is 276 g/mol. The van der Waals surface area contributed by atoms with E-state index in [1.807, 2.05) is 30.3 Å². The molecule has 0 saturated carbocycles. The predicted molar refractivity (Wildman–Crippen MR) is 75.4 cm³/mol. The highest BCUT2D eigenvalue weighted by molar-refractivity contribution is 5.76. The number of rotatable bonds is 5. The summed E-state index contributed by atoms with van der Waals surface area (Å²) in [7, 11) is 0. The first-order valence-electron chi connectivity index (χ1n) is 6.87. The minimum atomic E-state index is -0.792. The van der Waals surface area contributed by atoms with E-state index in [2.05, 4.69) is 5.32 Å². The summed E-state index contributed by atoms with van der Waals surface area (Å²) in [4.78, 5) is 24.3. The summed E-state index contributed by atoms with van der Waals surface area (Å²) < 4.78 is 0. The molecule has 1 aromatic rings. The number of nitrogens with one attached hydrogen (secondary N) is 1. The SMILES string of the molecule is CC(C(=O)O)C1CN(C(=O)NCCc2ccccc2)C1. The minimum Gasteiger partial charge on any atom is -0.481 e. The molecular weight excluding hydrogens is 256 g/mol. The van der Waals surface area contributed by atoms with Crippen molar-refractivity contribution in [2.45, 2.75) is 13.3 Å². The summed E-state index contributed by atoms with van der Waals surface area (Å²) in [5.41, 5.74) is 1.19. The summed E-state index contributed by atoms with van der Waals surface area (Å²) in [6, 6.07) is 9.87. The second-order valence-electron chi connectivity index (χ2n) is 5.26. The van der Waals surface area contributed by atoms with Gasteiger partial charge in [-0.1, -0.05) is 37.3 Å². The number of benzene rings is 1. The number of amides is 2. The molecule has 2 rings (SSSR count). The van der Waals surface area contributed by atoms with Gasteiger partial charge in [-0.3, -0.25) is 4.79 Å². The summed E-state index contributed by atoms with van der Waals surface area (Å²) >= 11 is 0. The van der Waals surface area contributed by atoms with Gasteiger partial charge in [-0.05, 0) is 12.0 Å². The summed E-state index contributed by atoms with van der Waals surface area (Å²) in [5.74, 6) is -1.10. The number of aliphatic carboxylic acids is 1. The maximum Gasteiger partial charge on any atom is 0.317 e. The summed E-state index contributed by atoms with van der Waals surface area (Å²) in [6.45, 7) is 3.35. The first kappa shape index (κ1) is 14.4. The normalized spacial score (nSPS) is 16.4. The van der Waals surface area contributed by atoms with Crippen molar-refractivity contribution in [1.82, 2.24) is 10.2 Å². The largest absolute Gasteiger partial charge is 0.481 e. The van der Waals surface area contributed by atoms with Gasteiger partial charge in [-0.25, -0.2) is 4.79 Å². The van der Waals surface area contributed by atoms with Crippen LogP contribution in [0.5, 0.6) is 0 Å². The molecule has 1 saturated heterocycles. The van der Waals surface area contributed by atoms with Crippen molar-refractivity contribution in [2.75, 3.05) is 19.6 Å². The molecular formula is C15H20N2O3. The van der Waals surface area contributed by atoms with Gasteiger partial charge in [0.2, 0.25) is 0 Å². The maximum atomic E-state index is 11.8. The van der Waals surface area contributed by atoms with Gasteiger partial charge in [0.05, 0.1) is 5.92 Å². The van der Waals surface area contributed by atoms with Crippen molar-refractivity contribution in [3.63, 3.8) is 0 Å². The Morgan fingerprint density at radius 1 is 1.35 bits per heavy atom. The molecule has 0 spiro atoms. The van der Waals surface area contributed by atoms with Crippen LogP contribution in [0.4, 0.5) is 4.79 Å². The Bertz CT molecular complexity index is 469. The van der Waals surface area contributed by atoms with Crippen LogP contribution >= 0.6 is 0 Å². The topological polar surface area (TPSA) is 69.6 Å². The maximum absolute atomic E-state index is 11.8. The average Bonchev–Trinajstić information content (AvgIpc) is 2.38. The molecule has 108 valence electrons. The molecule has 0 bridgehead atoms. The van der Waals surface area contributed by atoms with Crippen LogP contribution in [-0.2, 0) is 11.2 Å². The molecule has 5 nitrogen and oxygen atoms in total. The molecule has 1 aliphatic heterocycles. The van der Waals surface area contributed by atoms with Crippen molar-refractivity contribution in [1.29, 1.82) is 0 Å². The van der Waals surface area contributed by atoms with E-state index >= 15 is 0 Å². The molecule has 2 N–H and O–H groups in total. The van der Waals surface area contributed by atoms with Crippen LogP contribution in [0, 0.1) is 11.8 Å². The number of urea groups is 1. The van der Waals surface area contributed by atoms with Crippen LogP contribution in [0.25, 0.3) is 0 Å². The van der Waals surface area contributed by atoms with Crippen molar-refractivity contribution in [3.05, 3.63) is 35.9 Å². The molecule has 1 aromatic carbocycles. The lowest BCUT2D eigenvalue weighted by atomic mass is 9.87. The van der Waals surface area contributed by atoms with Crippen LogP contribution in [0.1, 0.15) is 12.5 Å². The molecule has 1 heterocycles. The standard InChI is InChI=1S/C15H20N2O3/c1-11(14(18)19)13-9-17(10-13)15(20)16-8-7-12-5-3-2-4-6-12/h2-6,11,13H,7-10H2,1H3,(H,16,20)(H,18,19). The van der Waals surface area contributed by atoms with Gasteiger partial charge in [0, 0.05) is 25.6 Å². The quantitative estimate of drug-likeness (QED) is 0.858. The third-order valence-corrected chi connectivity index (χ3v) is 3.83. The predicted octanol–water partition coefficient (Wildman–Crippen LogP) is 1.59. The molecule has 1 atom stereocenters. The second-order valence-corrected chi connectivity index (χ2v) is 5.26. The number of nitrogens with zero attached hydrogens (tertiary/aromatic N) is 1. The van der Waals surface area contributed by atoms with Gasteiger partial charge < -0.3 is 15.3 Å². The Morgan fingerprint density at radius 3 is 2.60 bits per heavy atom. The van der Waals surface area contributed by atoms with Crippen LogP contribution in [0.2, 0.25) is 0 Å². The van der Waals surface area contributed by atoms with E-state index in [9.17, 15) is 9.59 Å². The van der Waals surface area contributed by atoms with Gasteiger partial charge in [-0.2, -0.15) is 0 Å². The lowest BCUT2D eigenvalue weighted by molar-refractivity contribution is -0.144. The molecule has 5 heteroatoms. The summed E-state index contributed by atoms with van der Waals surface area (Å²) in [6.07, 6.45) is 0.801. The van der Waals surface area contributed by atoms with Gasteiger partial charge in [0.1, 0.15) is 0 Å². The van der Waals surface area contributed by atoms with Crippen LogP contribution in [-0.4, -0.2) is 41.6 Å². The zero-order valence-electron chi connectivity index (χ0n) is 11.6. The van der Waals surface area contributed by atoms with Gasteiger partial charge in [-0.15, -0.1) is 0 Å². The number of carboxylic acids is 1. The molecule has 1 fully saturated rings. The highest BCUT2D eigenvalue weighted by atomic mass is 16.4. The van der Waals surface area contributed by atoms with Crippen LogP contribution in [0.15, 0.2) is 30.3 Å². The van der Waals surface area contributed by atoms with Crippen molar-refractivity contribution < 1.29 is 14.7 Å². The fourth-order valence-electron chi connectivity index (χ4n) is 2.27. The zero-order chi connectivity index (χ0) is 14.5. The molecule has 1 unspecified atom stereocenters. The lowest BCUT2D eigenvalue weighted by Crippen LogP contribution is -2.56. The Hall–Kier alpha value is -2.04. The first-order valence-corrected chi connectivity index (χ1v) is 6.87. The summed E-state index contributed by atoms with van der Waals surface area (Å²) in [5, 5.41) is 11.8. The number of hydrogen-bond donors (Lipinski definition) is 2. The van der Waals surface area contributed by atoms with E-state index < -0.39 is 5.97 Å². The fraction of sp³-hybridized carbons (Fsp3) is 0.467. The van der Waals surface area contributed by atoms with Crippen molar-refractivity contribution >= 4 is 12.0 Å². The third kappa shape index (κ3) is 3.50. The van der Waals surface area contributed by atoms with Gasteiger partial charge in [0.25, 0.3) is 0 Å². The number of hydrogen-bond acceptors (Lipinski definition) is 2. The molecule has 0 aromatic heterocycles. The Morgan fingerprint density at radius 2 is 2.00 bits per heavy atom. The van der Waals surface area contributed by atoms with Crippen LogP contribution < -0.4 is 5.32 Å². The van der Waals surface area contributed by atoms with E-state index in [4.69, 9.17) is 5.11 Å². The zero-order valence-corrected chi connectivity index (χ0v) is 11.6. The number of carboxylic acid groups (broad SMARTS) is 1. The smallest absolute Gasteiger partial charge is 0.317 e. The molecule has 0 radical (unpaired) electrons. The van der Waals surface area contributed by atoms with E-state index in [0.29, 0.717) is 19.6 Å². The molecule has 20 heavy (non-hydrogen) atoms. The lowest BCUT2D eigenvalue weighted by Gasteiger charge is -2.41. The Kier molecular flexibility index (Phi) is 4.61. The number of likely N-dealkylation sites (tertiary alicyclic amines) is 1.